The highest BCUT2D eigenvalue weighted by Crippen LogP contribution is 2.35. The minimum Gasteiger partial charge on any atom is -0.385 e. The van der Waals surface area contributed by atoms with Crippen molar-refractivity contribution in [3.63, 3.8) is 0 Å². The Kier molecular flexibility index (Phi) is 6.28. The predicted octanol–water partition coefficient (Wildman–Crippen LogP) is 6.05. The zero-order valence-corrected chi connectivity index (χ0v) is 16.2. The van der Waals surface area contributed by atoms with Crippen LogP contribution in [0.2, 0.25) is 0 Å². The van der Waals surface area contributed by atoms with Gasteiger partial charge >= 0.3 is 6.18 Å². The summed E-state index contributed by atoms with van der Waals surface area (Å²) in [6.45, 7) is 2.52. The largest absolute Gasteiger partial charge is 0.392 e. The normalized spacial score (nSPS) is 13.7. The summed E-state index contributed by atoms with van der Waals surface area (Å²) in [7, 11) is 0. The molecule has 0 spiro atoms. The number of benzene rings is 3. The van der Waals surface area contributed by atoms with E-state index in [1.54, 1.807) is 24.3 Å². The molecule has 0 fully saturated rings. The van der Waals surface area contributed by atoms with Crippen LogP contribution in [-0.2, 0) is 18.7 Å². The minimum absolute atomic E-state index is 0.248. The molecule has 152 valence electrons. The van der Waals surface area contributed by atoms with E-state index < -0.39 is 18.2 Å². The van der Waals surface area contributed by atoms with E-state index in [9.17, 15) is 18.3 Å². The highest BCUT2D eigenvalue weighted by molar-refractivity contribution is 5.49. The summed E-state index contributed by atoms with van der Waals surface area (Å²) in [5.74, 6) is 0. The number of rotatable bonds is 7. The maximum Gasteiger partial charge on any atom is 0.392 e. The average Bonchev–Trinajstić information content (AvgIpc) is 2.67. The van der Waals surface area contributed by atoms with Crippen molar-refractivity contribution in [1.82, 2.24) is 0 Å². The third-order valence-corrected chi connectivity index (χ3v) is 4.83. The van der Waals surface area contributed by atoms with Crippen molar-refractivity contribution >= 4 is 5.69 Å². The second-order valence-electron chi connectivity index (χ2n) is 7.44. The monoisotopic (exact) mass is 399 g/mol. The van der Waals surface area contributed by atoms with Crippen LogP contribution < -0.4 is 4.90 Å². The summed E-state index contributed by atoms with van der Waals surface area (Å²) in [4.78, 5) is 2.16. The van der Waals surface area contributed by atoms with E-state index in [0.29, 0.717) is 13.1 Å². The van der Waals surface area contributed by atoms with Crippen LogP contribution in [0.4, 0.5) is 18.9 Å². The van der Waals surface area contributed by atoms with Crippen LogP contribution in [0.15, 0.2) is 84.9 Å². The van der Waals surface area contributed by atoms with Gasteiger partial charge in [0, 0.05) is 18.8 Å². The van der Waals surface area contributed by atoms with Gasteiger partial charge in [-0.25, -0.2) is 0 Å². The molecular formula is C24H24F3NO. The molecule has 0 heterocycles. The van der Waals surface area contributed by atoms with Crippen molar-refractivity contribution in [2.75, 3.05) is 4.90 Å². The number of halogens is 3. The van der Waals surface area contributed by atoms with Crippen molar-refractivity contribution in [3.8, 4) is 0 Å². The third-order valence-electron chi connectivity index (χ3n) is 4.83. The molecule has 0 aromatic heterocycles. The van der Waals surface area contributed by atoms with Crippen molar-refractivity contribution in [1.29, 1.82) is 0 Å². The van der Waals surface area contributed by atoms with Crippen LogP contribution in [0.25, 0.3) is 0 Å². The Bertz CT molecular complexity index is 849. The number of alkyl halides is 3. The molecule has 0 bridgehead atoms. The first-order valence-electron chi connectivity index (χ1n) is 9.45. The molecule has 29 heavy (non-hydrogen) atoms. The van der Waals surface area contributed by atoms with Crippen LogP contribution in [0.1, 0.15) is 30.0 Å². The van der Waals surface area contributed by atoms with E-state index in [4.69, 9.17) is 0 Å². The Balaban J connectivity index is 1.85. The summed E-state index contributed by atoms with van der Waals surface area (Å²) in [5.41, 5.74) is 1.44. The van der Waals surface area contributed by atoms with Gasteiger partial charge in [0.1, 0.15) is 0 Å². The van der Waals surface area contributed by atoms with Crippen LogP contribution in [0, 0.1) is 0 Å². The smallest absolute Gasteiger partial charge is 0.385 e. The number of hydrogen-bond donors (Lipinski definition) is 1. The summed E-state index contributed by atoms with van der Waals surface area (Å²) in [6, 6.07) is 26.7. The van der Waals surface area contributed by atoms with Gasteiger partial charge in [-0.1, -0.05) is 72.8 Å². The fourth-order valence-electron chi connectivity index (χ4n) is 3.37. The molecule has 1 unspecified atom stereocenters. The van der Waals surface area contributed by atoms with E-state index in [-0.39, 0.29) is 5.56 Å². The van der Waals surface area contributed by atoms with E-state index in [1.165, 1.54) is 6.92 Å². The molecule has 0 saturated heterocycles. The van der Waals surface area contributed by atoms with E-state index in [2.05, 4.69) is 4.90 Å². The molecule has 0 aliphatic carbocycles. The Morgan fingerprint density at radius 1 is 0.724 bits per heavy atom. The molecule has 1 atom stereocenters. The lowest BCUT2D eigenvalue weighted by Gasteiger charge is -2.28. The first kappa shape index (κ1) is 20.9. The maximum absolute atomic E-state index is 12.8. The van der Waals surface area contributed by atoms with Gasteiger partial charge in [0.15, 0.2) is 0 Å². The summed E-state index contributed by atoms with van der Waals surface area (Å²) >= 11 is 0. The zero-order valence-electron chi connectivity index (χ0n) is 16.2. The number of anilines is 1. The molecule has 0 aliphatic rings. The van der Waals surface area contributed by atoms with Crippen molar-refractivity contribution in [2.24, 2.45) is 0 Å². The van der Waals surface area contributed by atoms with E-state index in [1.807, 2.05) is 60.7 Å². The van der Waals surface area contributed by atoms with Crippen LogP contribution in [0.5, 0.6) is 0 Å². The summed E-state index contributed by atoms with van der Waals surface area (Å²) in [5, 5.41) is 10.3. The Morgan fingerprint density at radius 3 is 1.59 bits per heavy atom. The fourth-order valence-corrected chi connectivity index (χ4v) is 3.37. The summed E-state index contributed by atoms with van der Waals surface area (Å²) in [6.07, 6.45) is -5.72. The Labute approximate surface area is 169 Å². The van der Waals surface area contributed by atoms with Gasteiger partial charge in [0.05, 0.1) is 12.0 Å². The minimum atomic E-state index is -4.44. The fraction of sp³-hybridized carbons (Fsp3) is 0.250. The molecule has 3 rings (SSSR count). The standard InChI is InChI=1S/C24H24F3NO/c1-23(29,18-24(25,26)27)21-12-14-22(15-13-21)28(16-19-8-4-2-5-9-19)17-20-10-6-3-7-11-20/h2-15,29H,16-18H2,1H3. The molecule has 0 saturated carbocycles. The second kappa shape index (κ2) is 8.70. The SMILES string of the molecule is CC(O)(CC(F)(F)F)c1ccc(N(Cc2ccccc2)Cc2ccccc2)cc1. The lowest BCUT2D eigenvalue weighted by atomic mass is 9.92. The number of nitrogens with zero attached hydrogens (tertiary/aromatic N) is 1. The van der Waals surface area contributed by atoms with E-state index >= 15 is 0 Å². The highest BCUT2D eigenvalue weighted by atomic mass is 19.4. The van der Waals surface area contributed by atoms with Gasteiger partial charge < -0.3 is 10.0 Å². The lowest BCUT2D eigenvalue weighted by Crippen LogP contribution is -2.29. The lowest BCUT2D eigenvalue weighted by molar-refractivity contribution is -0.174. The number of aliphatic hydroxyl groups is 1. The number of hydrogen-bond acceptors (Lipinski definition) is 2. The molecule has 5 heteroatoms. The van der Waals surface area contributed by atoms with Crippen molar-refractivity contribution < 1.29 is 18.3 Å². The molecule has 0 aliphatic heterocycles. The van der Waals surface area contributed by atoms with Gasteiger partial charge in [-0.2, -0.15) is 13.2 Å². The van der Waals surface area contributed by atoms with Gasteiger partial charge in [-0.3, -0.25) is 0 Å². The second-order valence-corrected chi connectivity index (χ2v) is 7.44. The van der Waals surface area contributed by atoms with Gasteiger partial charge in [0.25, 0.3) is 0 Å². The average molecular weight is 399 g/mol. The summed E-state index contributed by atoms with van der Waals surface area (Å²) < 4.78 is 38.3. The highest BCUT2D eigenvalue weighted by Gasteiger charge is 2.39. The molecule has 3 aromatic rings. The maximum atomic E-state index is 12.8. The van der Waals surface area contributed by atoms with Crippen molar-refractivity contribution in [2.45, 2.75) is 38.2 Å². The van der Waals surface area contributed by atoms with Crippen LogP contribution >= 0.6 is 0 Å². The Hall–Kier alpha value is -2.79. The zero-order chi connectivity index (χ0) is 20.9. The molecule has 1 N–H and O–H groups in total. The van der Waals surface area contributed by atoms with E-state index in [0.717, 1.165) is 16.8 Å². The first-order valence-corrected chi connectivity index (χ1v) is 9.45. The van der Waals surface area contributed by atoms with Crippen LogP contribution in [-0.4, -0.2) is 11.3 Å². The first-order chi connectivity index (χ1) is 13.7. The molecule has 0 amide bonds. The molecular weight excluding hydrogens is 375 g/mol. The van der Waals surface area contributed by atoms with Gasteiger partial charge in [0.2, 0.25) is 0 Å². The molecule has 2 nitrogen and oxygen atoms in total. The van der Waals surface area contributed by atoms with Gasteiger partial charge in [-0.15, -0.1) is 0 Å². The van der Waals surface area contributed by atoms with Crippen LogP contribution in [0.3, 0.4) is 0 Å². The third kappa shape index (κ3) is 6.09. The topological polar surface area (TPSA) is 23.5 Å². The quantitative estimate of drug-likeness (QED) is 0.523. The predicted molar refractivity (Wildman–Crippen MR) is 109 cm³/mol. The molecule has 0 radical (unpaired) electrons. The van der Waals surface area contributed by atoms with Crippen molar-refractivity contribution in [3.05, 3.63) is 102 Å². The molecule has 3 aromatic carbocycles. The Morgan fingerprint density at radius 2 is 1.17 bits per heavy atom. The van der Waals surface area contributed by atoms with Gasteiger partial charge in [-0.05, 0) is 35.7 Å².